The van der Waals surface area contributed by atoms with Crippen LogP contribution in [0.25, 0.3) is 10.8 Å². The molecule has 1 saturated carbocycles. The highest BCUT2D eigenvalue weighted by molar-refractivity contribution is 5.86. The second-order valence-corrected chi connectivity index (χ2v) is 5.70. The number of rotatable bonds is 2. The van der Waals surface area contributed by atoms with Gasteiger partial charge in [0.1, 0.15) is 0 Å². The molecule has 1 nitrogen and oxygen atoms in total. The van der Waals surface area contributed by atoms with Crippen molar-refractivity contribution in [2.45, 2.75) is 38.0 Å². The Hall–Kier alpha value is -1.34. The minimum atomic E-state index is 0.248. The maximum Gasteiger partial charge on any atom is 0.00757 e. The van der Waals surface area contributed by atoms with Gasteiger partial charge in [0.25, 0.3) is 0 Å². The molecule has 0 bridgehead atoms. The maximum absolute atomic E-state index is 6.07. The highest BCUT2D eigenvalue weighted by atomic mass is 14.6. The second-order valence-electron chi connectivity index (χ2n) is 5.70. The Bertz CT molecular complexity index is 565. The molecule has 2 aromatic carbocycles. The topological polar surface area (TPSA) is 26.0 Å². The molecule has 0 amide bonds. The summed E-state index contributed by atoms with van der Waals surface area (Å²) < 4.78 is 0. The average Bonchev–Trinajstić information content (AvgIpc) is 2.89. The molecule has 1 heteroatoms. The van der Waals surface area contributed by atoms with Gasteiger partial charge in [0, 0.05) is 12.0 Å². The Morgan fingerprint density at radius 1 is 1.11 bits per heavy atom. The van der Waals surface area contributed by atoms with Crippen LogP contribution >= 0.6 is 0 Å². The summed E-state index contributed by atoms with van der Waals surface area (Å²) in [6.07, 6.45) is 5.15. The summed E-state index contributed by atoms with van der Waals surface area (Å²) in [5.74, 6) is 0. The van der Waals surface area contributed by atoms with Crippen LogP contribution in [-0.4, -0.2) is 6.54 Å². The van der Waals surface area contributed by atoms with Crippen molar-refractivity contribution in [3.05, 3.63) is 47.5 Å². The van der Waals surface area contributed by atoms with Gasteiger partial charge < -0.3 is 5.73 Å². The summed E-state index contributed by atoms with van der Waals surface area (Å²) >= 11 is 0. The SMILES string of the molecule is Cc1cccc2cc(C3(CN)CCCC3)ccc12. The van der Waals surface area contributed by atoms with Crippen molar-refractivity contribution in [3.63, 3.8) is 0 Å². The Labute approximate surface area is 109 Å². The molecule has 0 aromatic heterocycles. The molecule has 2 aromatic rings. The minimum Gasteiger partial charge on any atom is -0.330 e. The van der Waals surface area contributed by atoms with E-state index in [0.29, 0.717) is 0 Å². The van der Waals surface area contributed by atoms with Crippen LogP contribution in [0.5, 0.6) is 0 Å². The van der Waals surface area contributed by atoms with E-state index in [1.165, 1.54) is 47.6 Å². The molecule has 94 valence electrons. The third-order valence-corrected chi connectivity index (χ3v) is 4.66. The predicted octanol–water partition coefficient (Wildman–Crippen LogP) is 3.92. The van der Waals surface area contributed by atoms with Gasteiger partial charge in [-0.05, 0) is 41.7 Å². The molecular weight excluding hydrogens is 218 g/mol. The monoisotopic (exact) mass is 239 g/mol. The van der Waals surface area contributed by atoms with Crippen molar-refractivity contribution in [1.29, 1.82) is 0 Å². The first-order valence-corrected chi connectivity index (χ1v) is 6.95. The Morgan fingerprint density at radius 2 is 1.89 bits per heavy atom. The lowest BCUT2D eigenvalue weighted by Crippen LogP contribution is -2.31. The van der Waals surface area contributed by atoms with Crippen LogP contribution in [0.4, 0.5) is 0 Å². The van der Waals surface area contributed by atoms with Gasteiger partial charge in [0.15, 0.2) is 0 Å². The normalized spacial score (nSPS) is 18.3. The van der Waals surface area contributed by atoms with E-state index >= 15 is 0 Å². The zero-order chi connectivity index (χ0) is 12.6. The smallest absolute Gasteiger partial charge is 0.00757 e. The third kappa shape index (κ3) is 1.74. The van der Waals surface area contributed by atoms with Gasteiger partial charge in [-0.25, -0.2) is 0 Å². The number of hydrogen-bond acceptors (Lipinski definition) is 1. The van der Waals surface area contributed by atoms with Gasteiger partial charge in [-0.15, -0.1) is 0 Å². The molecular formula is C17H21N. The molecule has 1 aliphatic rings. The van der Waals surface area contributed by atoms with Gasteiger partial charge in [0.2, 0.25) is 0 Å². The van der Waals surface area contributed by atoms with Crippen molar-refractivity contribution in [1.82, 2.24) is 0 Å². The molecule has 0 heterocycles. The zero-order valence-electron chi connectivity index (χ0n) is 11.1. The lowest BCUT2D eigenvalue weighted by Gasteiger charge is -2.28. The summed E-state index contributed by atoms with van der Waals surface area (Å²) in [4.78, 5) is 0. The van der Waals surface area contributed by atoms with Crippen molar-refractivity contribution in [2.24, 2.45) is 5.73 Å². The van der Waals surface area contributed by atoms with E-state index in [0.717, 1.165) is 6.54 Å². The summed E-state index contributed by atoms with van der Waals surface area (Å²) in [7, 11) is 0. The van der Waals surface area contributed by atoms with E-state index < -0.39 is 0 Å². The van der Waals surface area contributed by atoms with Crippen LogP contribution in [0.15, 0.2) is 36.4 Å². The van der Waals surface area contributed by atoms with Gasteiger partial charge in [-0.1, -0.05) is 49.2 Å². The van der Waals surface area contributed by atoms with Crippen LogP contribution in [0.2, 0.25) is 0 Å². The quantitative estimate of drug-likeness (QED) is 0.844. The molecule has 1 fully saturated rings. The van der Waals surface area contributed by atoms with E-state index in [-0.39, 0.29) is 5.41 Å². The second kappa shape index (κ2) is 4.40. The maximum atomic E-state index is 6.07. The van der Waals surface area contributed by atoms with E-state index in [1.807, 2.05) is 0 Å². The largest absolute Gasteiger partial charge is 0.330 e. The van der Waals surface area contributed by atoms with Crippen LogP contribution in [0.3, 0.4) is 0 Å². The van der Waals surface area contributed by atoms with Crippen molar-refractivity contribution in [2.75, 3.05) is 6.54 Å². The number of nitrogens with two attached hydrogens (primary N) is 1. The number of hydrogen-bond donors (Lipinski definition) is 1. The number of aryl methyl sites for hydroxylation is 1. The van der Waals surface area contributed by atoms with Gasteiger partial charge >= 0.3 is 0 Å². The van der Waals surface area contributed by atoms with E-state index in [1.54, 1.807) is 0 Å². The molecule has 0 saturated heterocycles. The molecule has 1 aliphatic carbocycles. The Kier molecular flexibility index (Phi) is 2.87. The number of fused-ring (bicyclic) bond motifs is 1. The molecule has 0 aliphatic heterocycles. The first kappa shape index (κ1) is 11.7. The Balaban J connectivity index is 2.13. The van der Waals surface area contributed by atoms with Crippen molar-refractivity contribution >= 4 is 10.8 Å². The van der Waals surface area contributed by atoms with E-state index in [9.17, 15) is 0 Å². The van der Waals surface area contributed by atoms with Crippen molar-refractivity contribution in [3.8, 4) is 0 Å². The zero-order valence-corrected chi connectivity index (χ0v) is 11.1. The first-order valence-electron chi connectivity index (χ1n) is 6.95. The minimum absolute atomic E-state index is 0.248. The van der Waals surface area contributed by atoms with Crippen LogP contribution < -0.4 is 5.73 Å². The summed E-state index contributed by atoms with van der Waals surface area (Å²) in [6.45, 7) is 2.96. The first-order chi connectivity index (χ1) is 8.75. The fourth-order valence-electron chi connectivity index (χ4n) is 3.44. The highest BCUT2D eigenvalue weighted by Crippen LogP contribution is 2.41. The van der Waals surface area contributed by atoms with Gasteiger partial charge in [-0.2, -0.15) is 0 Å². The standard InChI is InChI=1S/C17H21N/c1-13-5-4-6-14-11-15(7-8-16(13)14)17(12-18)9-2-3-10-17/h4-8,11H,2-3,9-10,12,18H2,1H3. The average molecular weight is 239 g/mol. The molecule has 18 heavy (non-hydrogen) atoms. The lowest BCUT2D eigenvalue weighted by atomic mass is 9.78. The number of benzene rings is 2. The fraction of sp³-hybridized carbons (Fsp3) is 0.412. The van der Waals surface area contributed by atoms with Crippen LogP contribution in [0, 0.1) is 6.92 Å². The summed E-state index contributed by atoms with van der Waals surface area (Å²) in [5.41, 5.74) is 9.12. The molecule has 0 spiro atoms. The van der Waals surface area contributed by atoms with Gasteiger partial charge in [-0.3, -0.25) is 0 Å². The highest BCUT2D eigenvalue weighted by Gasteiger charge is 2.34. The van der Waals surface area contributed by atoms with Gasteiger partial charge in [0.05, 0.1) is 0 Å². The summed E-state index contributed by atoms with van der Waals surface area (Å²) in [5, 5.41) is 2.72. The predicted molar refractivity (Wildman–Crippen MR) is 77.9 cm³/mol. The van der Waals surface area contributed by atoms with Crippen molar-refractivity contribution < 1.29 is 0 Å². The fourth-order valence-corrected chi connectivity index (χ4v) is 3.44. The lowest BCUT2D eigenvalue weighted by molar-refractivity contribution is 0.453. The molecule has 0 atom stereocenters. The van der Waals surface area contributed by atoms with Crippen LogP contribution in [-0.2, 0) is 5.41 Å². The van der Waals surface area contributed by atoms with E-state index in [4.69, 9.17) is 5.73 Å². The third-order valence-electron chi connectivity index (χ3n) is 4.66. The van der Waals surface area contributed by atoms with E-state index in [2.05, 4.69) is 43.3 Å². The van der Waals surface area contributed by atoms with Crippen LogP contribution in [0.1, 0.15) is 36.8 Å². The molecule has 2 N–H and O–H groups in total. The Morgan fingerprint density at radius 3 is 2.61 bits per heavy atom. The molecule has 0 unspecified atom stereocenters. The molecule has 3 rings (SSSR count). The molecule has 0 radical (unpaired) electrons. The summed E-state index contributed by atoms with van der Waals surface area (Å²) in [6, 6.07) is 13.5.